The van der Waals surface area contributed by atoms with Crippen molar-refractivity contribution in [3.63, 3.8) is 0 Å². The maximum Gasteiger partial charge on any atom is 0.305 e. The third-order valence-electron chi connectivity index (χ3n) is 4.82. The molecular formula is C22H35NO10. The van der Waals surface area contributed by atoms with Crippen molar-refractivity contribution in [1.29, 1.82) is 0 Å². The highest BCUT2D eigenvalue weighted by Crippen LogP contribution is 2.28. The van der Waals surface area contributed by atoms with Gasteiger partial charge in [0, 0.05) is 34.1 Å². The van der Waals surface area contributed by atoms with Crippen LogP contribution in [-0.4, -0.2) is 67.0 Å². The summed E-state index contributed by atoms with van der Waals surface area (Å²) < 4.78 is 26.6. The Labute approximate surface area is 193 Å². The minimum Gasteiger partial charge on any atom is -0.463 e. The van der Waals surface area contributed by atoms with Crippen molar-refractivity contribution >= 4 is 29.8 Å². The lowest BCUT2D eigenvalue weighted by Gasteiger charge is -2.44. The number of carbonyl (C=O) groups excluding carboxylic acids is 5. The topological polar surface area (TPSA) is 144 Å². The van der Waals surface area contributed by atoms with Crippen LogP contribution in [0.4, 0.5) is 0 Å². The number of hydrogen-bond acceptors (Lipinski definition) is 10. The van der Waals surface area contributed by atoms with E-state index < -0.39 is 54.5 Å². The zero-order valence-corrected chi connectivity index (χ0v) is 19.9. The molecule has 0 aromatic carbocycles. The van der Waals surface area contributed by atoms with Crippen molar-refractivity contribution in [2.45, 2.75) is 104 Å². The van der Waals surface area contributed by atoms with E-state index in [0.29, 0.717) is 6.42 Å². The van der Waals surface area contributed by atoms with E-state index in [9.17, 15) is 24.0 Å². The largest absolute Gasteiger partial charge is 0.463 e. The van der Waals surface area contributed by atoms with Crippen LogP contribution < -0.4 is 5.32 Å². The van der Waals surface area contributed by atoms with Crippen molar-refractivity contribution in [3.05, 3.63) is 0 Å². The zero-order chi connectivity index (χ0) is 25.0. The number of rotatable bonds is 12. The van der Waals surface area contributed by atoms with Gasteiger partial charge in [0.1, 0.15) is 18.8 Å². The predicted molar refractivity (Wildman–Crippen MR) is 113 cm³/mol. The van der Waals surface area contributed by atoms with E-state index in [2.05, 4.69) is 12.2 Å². The van der Waals surface area contributed by atoms with Crippen LogP contribution in [0.5, 0.6) is 0 Å². The molecule has 0 aliphatic carbocycles. The Bertz CT molecular complexity index is 695. The molecule has 33 heavy (non-hydrogen) atoms. The van der Waals surface area contributed by atoms with Gasteiger partial charge < -0.3 is 29.0 Å². The van der Waals surface area contributed by atoms with Crippen LogP contribution in [0.15, 0.2) is 0 Å². The first kappa shape index (κ1) is 28.3. The van der Waals surface area contributed by atoms with E-state index in [1.54, 1.807) is 0 Å². The van der Waals surface area contributed by atoms with Crippen LogP contribution in [0, 0.1) is 0 Å². The summed E-state index contributed by atoms with van der Waals surface area (Å²) in [5.41, 5.74) is 0. The van der Waals surface area contributed by atoms with Crippen molar-refractivity contribution in [3.8, 4) is 0 Å². The first-order valence-corrected chi connectivity index (χ1v) is 11.1. The summed E-state index contributed by atoms with van der Waals surface area (Å²) in [5, 5.41) is 2.69. The first-order valence-electron chi connectivity index (χ1n) is 11.1. The van der Waals surface area contributed by atoms with Crippen LogP contribution in [0.1, 0.15) is 73.1 Å². The van der Waals surface area contributed by atoms with E-state index in [4.69, 9.17) is 23.7 Å². The summed E-state index contributed by atoms with van der Waals surface area (Å²) in [5.74, 6) is -3.12. The Balaban J connectivity index is 3.14. The lowest BCUT2D eigenvalue weighted by Crippen LogP contribution is -2.67. The highest BCUT2D eigenvalue weighted by molar-refractivity contribution is 5.76. The zero-order valence-electron chi connectivity index (χ0n) is 19.9. The molecule has 1 aliphatic heterocycles. The number of esters is 4. The second-order valence-corrected chi connectivity index (χ2v) is 7.86. The number of unbranched alkanes of at least 4 members (excludes halogenated alkanes) is 4. The fourth-order valence-corrected chi connectivity index (χ4v) is 3.47. The summed E-state index contributed by atoms with van der Waals surface area (Å²) in [6, 6.07) is -1.15. The van der Waals surface area contributed by atoms with Gasteiger partial charge in [-0.05, 0) is 6.42 Å². The van der Waals surface area contributed by atoms with E-state index in [1.807, 2.05) is 0 Å². The van der Waals surface area contributed by atoms with Gasteiger partial charge in [-0.2, -0.15) is 0 Å². The van der Waals surface area contributed by atoms with Crippen LogP contribution in [0.2, 0.25) is 0 Å². The van der Waals surface area contributed by atoms with E-state index in [-0.39, 0.29) is 18.9 Å². The number of carbonyl (C=O) groups is 5. The Morgan fingerprint density at radius 3 is 1.88 bits per heavy atom. The molecule has 0 bridgehead atoms. The average molecular weight is 474 g/mol. The average Bonchev–Trinajstić information content (AvgIpc) is 2.69. The molecule has 0 aromatic rings. The van der Waals surface area contributed by atoms with Gasteiger partial charge in [0.25, 0.3) is 0 Å². The van der Waals surface area contributed by atoms with Gasteiger partial charge in [0.15, 0.2) is 12.2 Å². The van der Waals surface area contributed by atoms with E-state index >= 15 is 0 Å². The minimum atomic E-state index is -1.37. The standard InChI is InChI=1S/C22H35NO10/c1-6-7-8-9-10-11-18(28)23-19-21(31-15(4)26)20(30-14(3)25)17(12-29-13(2)24)33-22(19)32-16(5)27/h17,19-22H,6-12H2,1-5H3,(H,23,28)/t17-,19-,20-,21-,22-/m1/s1. The smallest absolute Gasteiger partial charge is 0.305 e. The van der Waals surface area contributed by atoms with Gasteiger partial charge in [-0.15, -0.1) is 0 Å². The second kappa shape index (κ2) is 14.5. The molecule has 0 spiro atoms. The summed E-state index contributed by atoms with van der Waals surface area (Å²) in [6.45, 7) is 6.36. The van der Waals surface area contributed by atoms with Gasteiger partial charge in [-0.25, -0.2) is 0 Å². The molecule has 0 saturated carbocycles. The van der Waals surface area contributed by atoms with Gasteiger partial charge in [0.2, 0.25) is 12.2 Å². The van der Waals surface area contributed by atoms with Gasteiger partial charge in [-0.1, -0.05) is 32.6 Å². The molecule has 1 saturated heterocycles. The van der Waals surface area contributed by atoms with E-state index in [1.165, 1.54) is 6.92 Å². The third-order valence-corrected chi connectivity index (χ3v) is 4.82. The molecule has 11 heteroatoms. The molecule has 11 nitrogen and oxygen atoms in total. The Hall–Kier alpha value is -2.69. The molecule has 1 rings (SSSR count). The summed E-state index contributed by atoms with van der Waals surface area (Å²) >= 11 is 0. The Kier molecular flexibility index (Phi) is 12.4. The normalized spacial score (nSPS) is 24.3. The maximum absolute atomic E-state index is 12.6. The molecule has 0 radical (unpaired) electrons. The van der Waals surface area contributed by atoms with Crippen molar-refractivity contribution in [1.82, 2.24) is 5.32 Å². The summed E-state index contributed by atoms with van der Waals surface area (Å²) in [6.07, 6.45) is -0.0783. The van der Waals surface area contributed by atoms with Crippen molar-refractivity contribution < 1.29 is 47.7 Å². The van der Waals surface area contributed by atoms with Crippen LogP contribution in [0.3, 0.4) is 0 Å². The van der Waals surface area contributed by atoms with Gasteiger partial charge in [-0.3, -0.25) is 24.0 Å². The number of hydrogen-bond donors (Lipinski definition) is 1. The maximum atomic E-state index is 12.6. The summed E-state index contributed by atoms with van der Waals surface area (Å²) in [7, 11) is 0. The van der Waals surface area contributed by atoms with Gasteiger partial charge >= 0.3 is 23.9 Å². The molecule has 0 aromatic heterocycles. The molecule has 0 unspecified atom stereocenters. The molecule has 1 heterocycles. The fourth-order valence-electron chi connectivity index (χ4n) is 3.47. The first-order chi connectivity index (χ1) is 15.5. The molecule has 1 N–H and O–H groups in total. The van der Waals surface area contributed by atoms with Crippen LogP contribution in [0.25, 0.3) is 0 Å². The number of nitrogens with one attached hydrogen (secondary N) is 1. The van der Waals surface area contributed by atoms with Crippen molar-refractivity contribution in [2.75, 3.05) is 6.61 Å². The molecule has 188 valence electrons. The van der Waals surface area contributed by atoms with Crippen LogP contribution in [-0.2, 0) is 47.7 Å². The molecular weight excluding hydrogens is 438 g/mol. The predicted octanol–water partition coefficient (Wildman–Crippen LogP) is 1.55. The lowest BCUT2D eigenvalue weighted by molar-refractivity contribution is -0.271. The minimum absolute atomic E-state index is 0.203. The quantitative estimate of drug-likeness (QED) is 0.252. The molecule has 1 amide bonds. The van der Waals surface area contributed by atoms with Crippen LogP contribution >= 0.6 is 0 Å². The Morgan fingerprint density at radius 1 is 0.758 bits per heavy atom. The highest BCUT2D eigenvalue weighted by atomic mass is 16.7. The Morgan fingerprint density at radius 2 is 1.33 bits per heavy atom. The lowest BCUT2D eigenvalue weighted by atomic mass is 9.95. The molecule has 1 fully saturated rings. The third kappa shape index (κ3) is 10.6. The monoisotopic (exact) mass is 473 g/mol. The van der Waals surface area contributed by atoms with Crippen molar-refractivity contribution in [2.24, 2.45) is 0 Å². The second-order valence-electron chi connectivity index (χ2n) is 7.86. The fraction of sp³-hybridized carbons (Fsp3) is 0.773. The summed E-state index contributed by atoms with van der Waals surface area (Å²) in [4.78, 5) is 59.2. The number of ether oxygens (including phenoxy) is 5. The molecule has 1 aliphatic rings. The highest BCUT2D eigenvalue weighted by Gasteiger charge is 2.52. The van der Waals surface area contributed by atoms with E-state index in [0.717, 1.165) is 46.5 Å². The molecule has 5 atom stereocenters. The van der Waals surface area contributed by atoms with Gasteiger partial charge in [0.05, 0.1) is 0 Å². The number of amides is 1. The SMILES string of the molecule is CCCCCCCC(=O)N[C@H]1[C@H](OC(C)=O)O[C@H](COC(C)=O)[C@@H](OC(C)=O)[C@@H]1OC(C)=O.